The number of H-pyrrole nitrogens is 1. The Bertz CT molecular complexity index is 1610. The number of likely N-dealkylation sites (N-methyl/N-ethyl adjacent to an activating group) is 1. The summed E-state index contributed by atoms with van der Waals surface area (Å²) in [5, 5.41) is 9.97. The molecule has 4 amide bonds. The lowest BCUT2D eigenvalue weighted by molar-refractivity contribution is -0.134. The first-order valence-electron chi connectivity index (χ1n) is 17.1. The first-order valence-corrected chi connectivity index (χ1v) is 17.4. The number of aromatic nitrogens is 2. The number of fused-ring (bicyclic) bond motifs is 1. The van der Waals surface area contributed by atoms with Crippen LogP contribution >= 0.6 is 11.6 Å². The number of hydrogen-bond acceptors (Lipinski definition) is 5. The number of urea groups is 1. The summed E-state index contributed by atoms with van der Waals surface area (Å²) in [4.78, 5) is 50.9. The minimum atomic E-state index is -0.938. The van der Waals surface area contributed by atoms with E-state index in [4.69, 9.17) is 21.3 Å². The van der Waals surface area contributed by atoms with Crippen molar-refractivity contribution in [3.63, 3.8) is 0 Å². The van der Waals surface area contributed by atoms with Crippen LogP contribution in [0.5, 0.6) is 0 Å². The summed E-state index contributed by atoms with van der Waals surface area (Å²) in [6.07, 6.45) is 5.43. The van der Waals surface area contributed by atoms with Crippen molar-refractivity contribution < 1.29 is 19.1 Å². The molecule has 3 aromatic rings. The smallest absolute Gasteiger partial charge is 0.317 e. The third-order valence-electron chi connectivity index (χ3n) is 10.4. The number of imidazole rings is 1. The average Bonchev–Trinajstić information content (AvgIpc) is 3.58. The number of benzene rings is 2. The van der Waals surface area contributed by atoms with Crippen molar-refractivity contribution in [3.05, 3.63) is 64.4 Å². The van der Waals surface area contributed by atoms with E-state index < -0.39 is 17.5 Å². The van der Waals surface area contributed by atoms with Gasteiger partial charge < -0.3 is 30.6 Å². The zero-order valence-electron chi connectivity index (χ0n) is 27.8. The molecule has 1 saturated heterocycles. The maximum Gasteiger partial charge on any atom is 0.317 e. The number of aromatic amines is 1. The maximum absolute atomic E-state index is 14.1. The summed E-state index contributed by atoms with van der Waals surface area (Å²) in [7, 11) is 1.84. The van der Waals surface area contributed by atoms with E-state index in [9.17, 15) is 14.4 Å². The van der Waals surface area contributed by atoms with Crippen LogP contribution in [0.25, 0.3) is 11.0 Å². The zero-order chi connectivity index (χ0) is 33.3. The summed E-state index contributed by atoms with van der Waals surface area (Å²) < 4.78 is 5.84. The van der Waals surface area contributed by atoms with Gasteiger partial charge >= 0.3 is 6.03 Å². The summed E-state index contributed by atoms with van der Waals surface area (Å²) in [5.74, 6) is 0.386. The SMILES string of the molecule is CCNC(=O)[C@H](NC(=O)C1(c2ccc3nc([C@@H](NC(=O)N(C)C4CC4)[C@H](c4ccccc4Cl)C(C)C)[nH]c3c2)CCOC1)C1CCC1. The van der Waals surface area contributed by atoms with Gasteiger partial charge in [-0.15, -0.1) is 0 Å². The van der Waals surface area contributed by atoms with Crippen LogP contribution in [0.15, 0.2) is 42.5 Å². The Morgan fingerprint density at radius 1 is 1.11 bits per heavy atom. The number of carbonyl (C=O) groups excluding carboxylic acids is 3. The van der Waals surface area contributed by atoms with Gasteiger partial charge in [0.1, 0.15) is 11.9 Å². The van der Waals surface area contributed by atoms with Crippen LogP contribution in [0, 0.1) is 11.8 Å². The van der Waals surface area contributed by atoms with Gasteiger partial charge in [-0.05, 0) is 80.2 Å². The highest BCUT2D eigenvalue weighted by molar-refractivity contribution is 6.31. The second-order valence-electron chi connectivity index (χ2n) is 13.8. The molecule has 3 fully saturated rings. The monoisotopic (exact) mass is 662 g/mol. The molecule has 2 aliphatic carbocycles. The molecule has 2 saturated carbocycles. The molecule has 6 rings (SSSR count). The predicted molar refractivity (Wildman–Crippen MR) is 182 cm³/mol. The van der Waals surface area contributed by atoms with Crippen molar-refractivity contribution in [2.75, 3.05) is 26.8 Å². The highest BCUT2D eigenvalue weighted by Gasteiger charge is 2.47. The van der Waals surface area contributed by atoms with E-state index in [-0.39, 0.29) is 48.2 Å². The molecule has 0 bridgehead atoms. The van der Waals surface area contributed by atoms with Crippen LogP contribution < -0.4 is 16.0 Å². The zero-order valence-corrected chi connectivity index (χ0v) is 28.5. The molecule has 1 unspecified atom stereocenters. The summed E-state index contributed by atoms with van der Waals surface area (Å²) in [5.41, 5.74) is 2.29. The average molecular weight is 663 g/mol. The molecule has 4 N–H and O–H groups in total. The fourth-order valence-corrected chi connectivity index (χ4v) is 7.43. The fourth-order valence-electron chi connectivity index (χ4n) is 7.17. The first-order chi connectivity index (χ1) is 22.6. The molecule has 1 aliphatic heterocycles. The van der Waals surface area contributed by atoms with Crippen molar-refractivity contribution in [2.24, 2.45) is 11.8 Å². The molecule has 4 atom stereocenters. The van der Waals surface area contributed by atoms with Crippen LogP contribution in [0.3, 0.4) is 0 Å². The number of amides is 4. The number of hydrogen-bond donors (Lipinski definition) is 4. The van der Waals surface area contributed by atoms with Crippen molar-refractivity contribution in [1.82, 2.24) is 30.8 Å². The van der Waals surface area contributed by atoms with Gasteiger partial charge in [-0.1, -0.05) is 56.1 Å². The second-order valence-corrected chi connectivity index (χ2v) is 14.2. The van der Waals surface area contributed by atoms with Gasteiger partial charge in [-0.25, -0.2) is 9.78 Å². The maximum atomic E-state index is 14.1. The van der Waals surface area contributed by atoms with Crippen molar-refractivity contribution >= 4 is 40.5 Å². The standard InChI is InChI=1S/C36H47ClN6O4/c1-5-38-33(44)30(22-9-8-10-22)41-34(45)36(17-18-47-20-36)23-13-16-27-28(19-23)40-32(39-27)31(42-35(46)43(4)24-14-15-24)29(21(2)3)25-11-6-7-12-26(25)37/h6-7,11-13,16,19,21-22,24,29-31H,5,8-10,14-15,17-18,20H2,1-4H3,(H,38,44)(H,39,40)(H,41,45)(H,42,46)/t29-,30+,31-,36?/m0/s1. The summed E-state index contributed by atoms with van der Waals surface area (Å²) in [6.45, 7) is 7.32. The van der Waals surface area contributed by atoms with Crippen LogP contribution in [0.1, 0.15) is 88.2 Å². The molecule has 252 valence electrons. The third kappa shape index (κ3) is 6.72. The highest BCUT2D eigenvalue weighted by Crippen LogP contribution is 2.41. The number of ether oxygens (including phenoxy) is 1. The van der Waals surface area contributed by atoms with Crippen LogP contribution in [0.4, 0.5) is 4.79 Å². The molecular weight excluding hydrogens is 616 g/mol. The number of halogens is 1. The Labute approximate surface area is 281 Å². The lowest BCUT2D eigenvalue weighted by atomic mass is 9.76. The summed E-state index contributed by atoms with van der Waals surface area (Å²) >= 11 is 6.75. The van der Waals surface area contributed by atoms with Gasteiger partial charge in [0.05, 0.1) is 29.1 Å². The number of nitrogens with one attached hydrogen (secondary N) is 4. The van der Waals surface area contributed by atoms with Gasteiger partial charge in [0.15, 0.2) is 0 Å². The van der Waals surface area contributed by atoms with E-state index in [1.807, 2.05) is 56.4 Å². The van der Waals surface area contributed by atoms with Crippen LogP contribution in [-0.4, -0.2) is 71.6 Å². The molecule has 47 heavy (non-hydrogen) atoms. The lowest BCUT2D eigenvalue weighted by Crippen LogP contribution is -2.57. The molecule has 0 radical (unpaired) electrons. The van der Waals surface area contributed by atoms with Gasteiger partial charge in [0, 0.05) is 37.2 Å². The van der Waals surface area contributed by atoms with Crippen LogP contribution in [-0.2, 0) is 19.7 Å². The van der Waals surface area contributed by atoms with E-state index in [1.165, 1.54) is 0 Å². The van der Waals surface area contributed by atoms with E-state index in [2.05, 4.69) is 34.8 Å². The number of carbonyl (C=O) groups is 3. The molecule has 3 aliphatic rings. The summed E-state index contributed by atoms with van der Waals surface area (Å²) in [6, 6.07) is 12.6. The highest BCUT2D eigenvalue weighted by atomic mass is 35.5. The topological polar surface area (TPSA) is 128 Å². The minimum absolute atomic E-state index is 0.117. The van der Waals surface area contributed by atoms with Gasteiger partial charge in [-0.2, -0.15) is 0 Å². The normalized spacial score (nSPS) is 21.6. The third-order valence-corrected chi connectivity index (χ3v) is 10.7. The van der Waals surface area contributed by atoms with Crippen molar-refractivity contribution in [1.29, 1.82) is 0 Å². The Morgan fingerprint density at radius 3 is 2.49 bits per heavy atom. The molecule has 0 spiro atoms. The number of rotatable bonds is 12. The van der Waals surface area contributed by atoms with E-state index in [0.717, 1.165) is 54.3 Å². The molecular formula is C36H47ClN6O4. The molecule has 2 heterocycles. The lowest BCUT2D eigenvalue weighted by Gasteiger charge is -2.36. The quantitative estimate of drug-likeness (QED) is 0.201. The van der Waals surface area contributed by atoms with Gasteiger partial charge in [-0.3, -0.25) is 9.59 Å². The van der Waals surface area contributed by atoms with Gasteiger partial charge in [0.2, 0.25) is 11.8 Å². The van der Waals surface area contributed by atoms with Gasteiger partial charge in [0.25, 0.3) is 0 Å². The van der Waals surface area contributed by atoms with Crippen LogP contribution in [0.2, 0.25) is 5.02 Å². The Hall–Kier alpha value is -3.63. The van der Waals surface area contributed by atoms with Crippen molar-refractivity contribution in [3.8, 4) is 0 Å². The minimum Gasteiger partial charge on any atom is -0.380 e. The predicted octanol–water partition coefficient (Wildman–Crippen LogP) is 5.58. The largest absolute Gasteiger partial charge is 0.380 e. The van der Waals surface area contributed by atoms with E-state index in [0.29, 0.717) is 30.4 Å². The molecule has 11 heteroatoms. The second kappa shape index (κ2) is 13.8. The molecule has 1 aromatic heterocycles. The Kier molecular flexibility index (Phi) is 9.80. The van der Waals surface area contributed by atoms with E-state index in [1.54, 1.807) is 4.90 Å². The Balaban J connectivity index is 1.35. The van der Waals surface area contributed by atoms with E-state index >= 15 is 0 Å². The molecule has 10 nitrogen and oxygen atoms in total. The Morgan fingerprint density at radius 2 is 1.87 bits per heavy atom. The molecule has 2 aromatic carbocycles. The fraction of sp³-hybridized carbons (Fsp3) is 0.556. The number of nitrogens with zero attached hydrogens (tertiary/aromatic N) is 2. The van der Waals surface area contributed by atoms with Crippen molar-refractivity contribution in [2.45, 2.75) is 88.8 Å². The first kappa shape index (κ1) is 33.3.